The highest BCUT2D eigenvalue weighted by atomic mass is 79.9. The first-order valence-electron chi connectivity index (χ1n) is 6.27. The van der Waals surface area contributed by atoms with Crippen molar-refractivity contribution in [1.82, 2.24) is 5.32 Å². The zero-order chi connectivity index (χ0) is 13.0. The lowest BCUT2D eigenvalue weighted by Crippen LogP contribution is -2.11. The van der Waals surface area contributed by atoms with Crippen LogP contribution in [0.3, 0.4) is 0 Å². The molecule has 94 valence electrons. The van der Waals surface area contributed by atoms with Gasteiger partial charge in [-0.3, -0.25) is 0 Å². The van der Waals surface area contributed by atoms with Gasteiger partial charge in [0.25, 0.3) is 0 Å². The Morgan fingerprint density at radius 3 is 2.50 bits per heavy atom. The highest BCUT2D eigenvalue weighted by molar-refractivity contribution is 9.10. The molecule has 1 nitrogen and oxygen atoms in total. The molecule has 0 saturated carbocycles. The highest BCUT2D eigenvalue weighted by Gasteiger charge is 2.05. The summed E-state index contributed by atoms with van der Waals surface area (Å²) in [5.41, 5.74) is 5.20. The van der Waals surface area contributed by atoms with Gasteiger partial charge in [0.05, 0.1) is 0 Å². The maximum atomic E-state index is 3.62. The largest absolute Gasteiger partial charge is 0.313 e. The van der Waals surface area contributed by atoms with Gasteiger partial charge in [-0.25, -0.2) is 0 Å². The van der Waals surface area contributed by atoms with Crippen LogP contribution in [-0.4, -0.2) is 6.54 Å². The van der Waals surface area contributed by atoms with Crippen LogP contribution in [0.2, 0.25) is 0 Å². The van der Waals surface area contributed by atoms with Crippen molar-refractivity contribution >= 4 is 15.9 Å². The van der Waals surface area contributed by atoms with E-state index < -0.39 is 0 Å². The SMILES string of the molecule is CCNCc1ccc(-c2ccccc2Br)c(C)c1. The normalized spacial score (nSPS) is 10.6. The van der Waals surface area contributed by atoms with Crippen molar-refractivity contribution in [2.45, 2.75) is 20.4 Å². The van der Waals surface area contributed by atoms with Crippen LogP contribution >= 0.6 is 15.9 Å². The van der Waals surface area contributed by atoms with E-state index in [1.165, 1.54) is 22.3 Å². The van der Waals surface area contributed by atoms with E-state index in [0.29, 0.717) is 0 Å². The maximum absolute atomic E-state index is 3.62. The lowest BCUT2D eigenvalue weighted by atomic mass is 9.98. The van der Waals surface area contributed by atoms with Gasteiger partial charge >= 0.3 is 0 Å². The Hall–Kier alpha value is -1.12. The molecular formula is C16H18BrN. The molecule has 0 fully saturated rings. The third-order valence-corrected chi connectivity index (χ3v) is 3.73. The summed E-state index contributed by atoms with van der Waals surface area (Å²) in [6.07, 6.45) is 0. The molecule has 0 amide bonds. The van der Waals surface area contributed by atoms with E-state index in [0.717, 1.165) is 17.6 Å². The molecule has 0 atom stereocenters. The van der Waals surface area contributed by atoms with E-state index in [1.807, 2.05) is 6.07 Å². The molecule has 2 rings (SSSR count). The van der Waals surface area contributed by atoms with E-state index in [-0.39, 0.29) is 0 Å². The Kier molecular flexibility index (Phi) is 4.56. The molecule has 2 heteroatoms. The Bertz CT molecular complexity index is 534. The van der Waals surface area contributed by atoms with Crippen LogP contribution < -0.4 is 5.32 Å². The number of hydrogen-bond acceptors (Lipinski definition) is 1. The van der Waals surface area contributed by atoms with Gasteiger partial charge in [0.1, 0.15) is 0 Å². The van der Waals surface area contributed by atoms with Gasteiger partial charge in [-0.15, -0.1) is 0 Å². The molecule has 0 aliphatic rings. The van der Waals surface area contributed by atoms with E-state index in [9.17, 15) is 0 Å². The van der Waals surface area contributed by atoms with Crippen molar-refractivity contribution in [1.29, 1.82) is 0 Å². The van der Waals surface area contributed by atoms with Crippen molar-refractivity contribution < 1.29 is 0 Å². The molecule has 0 radical (unpaired) electrons. The van der Waals surface area contributed by atoms with Crippen molar-refractivity contribution in [3.05, 3.63) is 58.1 Å². The quantitative estimate of drug-likeness (QED) is 0.875. The molecule has 0 aliphatic carbocycles. The van der Waals surface area contributed by atoms with Crippen LogP contribution in [0.5, 0.6) is 0 Å². The van der Waals surface area contributed by atoms with Crippen LogP contribution in [-0.2, 0) is 6.54 Å². The number of benzene rings is 2. The minimum absolute atomic E-state index is 0.938. The zero-order valence-electron chi connectivity index (χ0n) is 10.8. The van der Waals surface area contributed by atoms with Crippen LogP contribution in [0.1, 0.15) is 18.1 Å². The minimum atomic E-state index is 0.938. The van der Waals surface area contributed by atoms with Crippen molar-refractivity contribution in [3.63, 3.8) is 0 Å². The summed E-state index contributed by atoms with van der Waals surface area (Å²) in [6.45, 7) is 6.24. The molecule has 0 saturated heterocycles. The minimum Gasteiger partial charge on any atom is -0.313 e. The maximum Gasteiger partial charge on any atom is 0.0253 e. The number of nitrogens with one attached hydrogen (secondary N) is 1. The molecule has 0 spiro atoms. The fraction of sp³-hybridized carbons (Fsp3) is 0.250. The second-order valence-electron chi connectivity index (χ2n) is 4.41. The second-order valence-corrected chi connectivity index (χ2v) is 5.26. The molecule has 2 aromatic carbocycles. The predicted molar refractivity (Wildman–Crippen MR) is 81.7 cm³/mol. The molecule has 2 aromatic rings. The van der Waals surface area contributed by atoms with Gasteiger partial charge in [0.2, 0.25) is 0 Å². The second kappa shape index (κ2) is 6.17. The summed E-state index contributed by atoms with van der Waals surface area (Å²) >= 11 is 3.62. The Balaban J connectivity index is 2.33. The van der Waals surface area contributed by atoms with Crippen molar-refractivity contribution in [2.75, 3.05) is 6.54 Å². The molecule has 0 bridgehead atoms. The predicted octanol–water partition coefficient (Wildman–Crippen LogP) is 4.53. The average Bonchev–Trinajstić information content (AvgIpc) is 2.38. The smallest absolute Gasteiger partial charge is 0.0253 e. The van der Waals surface area contributed by atoms with E-state index in [1.54, 1.807) is 0 Å². The van der Waals surface area contributed by atoms with Gasteiger partial charge in [-0.1, -0.05) is 59.3 Å². The lowest BCUT2D eigenvalue weighted by molar-refractivity contribution is 0.726. The molecule has 0 aliphatic heterocycles. The molecule has 1 N–H and O–H groups in total. The lowest BCUT2D eigenvalue weighted by Gasteiger charge is -2.10. The number of rotatable bonds is 4. The summed E-state index contributed by atoms with van der Waals surface area (Å²) in [6, 6.07) is 15.0. The van der Waals surface area contributed by atoms with Gasteiger partial charge < -0.3 is 5.32 Å². The number of aryl methyl sites for hydroxylation is 1. The third-order valence-electron chi connectivity index (χ3n) is 3.03. The fourth-order valence-corrected chi connectivity index (χ4v) is 2.59. The average molecular weight is 304 g/mol. The van der Waals surface area contributed by atoms with Gasteiger partial charge in [-0.2, -0.15) is 0 Å². The molecule has 0 unspecified atom stereocenters. The number of halogens is 1. The number of hydrogen-bond donors (Lipinski definition) is 1. The topological polar surface area (TPSA) is 12.0 Å². The molecular weight excluding hydrogens is 286 g/mol. The van der Waals surface area contributed by atoms with Gasteiger partial charge in [-0.05, 0) is 41.8 Å². The first-order chi connectivity index (χ1) is 8.72. The summed E-state index contributed by atoms with van der Waals surface area (Å²) in [7, 11) is 0. The van der Waals surface area contributed by atoms with Gasteiger partial charge in [0.15, 0.2) is 0 Å². The first kappa shape index (κ1) is 13.3. The van der Waals surface area contributed by atoms with Crippen LogP contribution in [0.15, 0.2) is 46.9 Å². The van der Waals surface area contributed by atoms with Gasteiger partial charge in [0, 0.05) is 11.0 Å². The van der Waals surface area contributed by atoms with E-state index >= 15 is 0 Å². The Morgan fingerprint density at radius 1 is 1.06 bits per heavy atom. The summed E-state index contributed by atoms with van der Waals surface area (Å²) in [5, 5.41) is 3.35. The zero-order valence-corrected chi connectivity index (χ0v) is 12.4. The van der Waals surface area contributed by atoms with E-state index in [4.69, 9.17) is 0 Å². The van der Waals surface area contributed by atoms with Crippen LogP contribution in [0.25, 0.3) is 11.1 Å². The van der Waals surface area contributed by atoms with Crippen molar-refractivity contribution in [2.24, 2.45) is 0 Å². The van der Waals surface area contributed by atoms with Crippen LogP contribution in [0, 0.1) is 6.92 Å². The standard InChI is InChI=1S/C16H18BrN/c1-3-18-11-13-8-9-14(12(2)10-13)15-6-4-5-7-16(15)17/h4-10,18H,3,11H2,1-2H3. The third kappa shape index (κ3) is 3.01. The summed E-state index contributed by atoms with van der Waals surface area (Å²) < 4.78 is 1.15. The molecule has 0 aromatic heterocycles. The van der Waals surface area contributed by atoms with E-state index in [2.05, 4.69) is 71.5 Å². The van der Waals surface area contributed by atoms with Crippen molar-refractivity contribution in [3.8, 4) is 11.1 Å². The summed E-state index contributed by atoms with van der Waals surface area (Å²) in [4.78, 5) is 0. The highest BCUT2D eigenvalue weighted by Crippen LogP contribution is 2.30. The Labute approximate surface area is 117 Å². The first-order valence-corrected chi connectivity index (χ1v) is 7.07. The monoisotopic (exact) mass is 303 g/mol. The fourth-order valence-electron chi connectivity index (χ4n) is 2.09. The van der Waals surface area contributed by atoms with Crippen LogP contribution in [0.4, 0.5) is 0 Å². The Morgan fingerprint density at radius 2 is 1.83 bits per heavy atom. The molecule has 18 heavy (non-hydrogen) atoms. The molecule has 0 heterocycles. The summed E-state index contributed by atoms with van der Waals surface area (Å²) in [5.74, 6) is 0.